The predicted molar refractivity (Wildman–Crippen MR) is 134 cm³/mol. The van der Waals surface area contributed by atoms with Crippen LogP contribution in [0.2, 0.25) is 0 Å². The number of fused-ring (bicyclic) bond motifs is 1. The number of amides is 2. The van der Waals surface area contributed by atoms with Gasteiger partial charge in [-0.05, 0) is 38.8 Å². The van der Waals surface area contributed by atoms with E-state index in [1.54, 1.807) is 4.90 Å². The molecule has 0 radical (unpaired) electrons. The van der Waals surface area contributed by atoms with Gasteiger partial charge in [-0.1, -0.05) is 30.3 Å². The lowest BCUT2D eigenvalue weighted by Gasteiger charge is -2.34. The van der Waals surface area contributed by atoms with Crippen molar-refractivity contribution in [2.24, 2.45) is 0 Å². The molecule has 0 aliphatic carbocycles. The highest BCUT2D eigenvalue weighted by molar-refractivity contribution is 7.20. The first-order chi connectivity index (χ1) is 16.1. The van der Waals surface area contributed by atoms with Crippen LogP contribution in [-0.2, 0) is 11.2 Å². The Kier molecular flexibility index (Phi) is 6.86. The van der Waals surface area contributed by atoms with Crippen molar-refractivity contribution in [1.82, 2.24) is 25.1 Å². The molecule has 1 fully saturated rings. The summed E-state index contributed by atoms with van der Waals surface area (Å²) in [6.45, 7) is 10.4. The van der Waals surface area contributed by atoms with Gasteiger partial charge in [-0.15, -0.1) is 11.3 Å². The number of aromatic amines is 1. The fourth-order valence-corrected chi connectivity index (χ4v) is 5.35. The summed E-state index contributed by atoms with van der Waals surface area (Å²) in [7, 11) is 0. The summed E-state index contributed by atoms with van der Waals surface area (Å²) < 4.78 is 0. The quantitative estimate of drug-likeness (QED) is 0.584. The van der Waals surface area contributed by atoms with Gasteiger partial charge in [0.25, 0.3) is 11.5 Å². The normalized spacial score (nSPS) is 15.0. The predicted octanol–water partition coefficient (Wildman–Crippen LogP) is 2.56. The second kappa shape index (κ2) is 9.68. The molecule has 1 aliphatic rings. The number of nitrogens with one attached hydrogen (secondary N) is 2. The molecule has 2 N–H and O–H groups in total. The van der Waals surface area contributed by atoms with Gasteiger partial charge in [0.15, 0.2) is 0 Å². The minimum Gasteiger partial charge on any atom is -0.350 e. The van der Waals surface area contributed by atoms with Crippen molar-refractivity contribution >= 4 is 33.4 Å². The number of H-pyrrole nitrogens is 1. The van der Waals surface area contributed by atoms with E-state index in [0.717, 1.165) is 5.56 Å². The number of thiophene rings is 1. The highest BCUT2D eigenvalue weighted by Gasteiger charge is 2.27. The molecule has 0 bridgehead atoms. The van der Waals surface area contributed by atoms with E-state index in [4.69, 9.17) is 0 Å². The monoisotopic (exact) mass is 481 g/mol. The minimum absolute atomic E-state index is 0.00997. The zero-order valence-electron chi connectivity index (χ0n) is 20.1. The average molecular weight is 482 g/mol. The number of benzene rings is 1. The fraction of sp³-hybridized carbons (Fsp3) is 0.440. The highest BCUT2D eigenvalue weighted by Crippen LogP contribution is 2.28. The summed E-state index contributed by atoms with van der Waals surface area (Å²) in [5.74, 6) is 0.499. The maximum absolute atomic E-state index is 13.3. The van der Waals surface area contributed by atoms with Crippen molar-refractivity contribution in [3.8, 4) is 0 Å². The van der Waals surface area contributed by atoms with Crippen LogP contribution in [0.4, 0.5) is 0 Å². The number of nitrogens with zero attached hydrogens (tertiary/aromatic N) is 3. The molecule has 4 rings (SSSR count). The van der Waals surface area contributed by atoms with Crippen molar-refractivity contribution in [1.29, 1.82) is 0 Å². The maximum Gasteiger partial charge on any atom is 0.264 e. The van der Waals surface area contributed by atoms with E-state index in [0.29, 0.717) is 65.6 Å². The lowest BCUT2D eigenvalue weighted by atomic mass is 10.1. The molecular weight excluding hydrogens is 450 g/mol. The highest BCUT2D eigenvalue weighted by atomic mass is 32.1. The number of carbonyl (C=O) groups excluding carboxylic acids is 2. The average Bonchev–Trinajstić information content (AvgIpc) is 3.10. The Morgan fingerprint density at radius 2 is 1.79 bits per heavy atom. The Labute approximate surface area is 203 Å². The molecule has 2 aromatic heterocycles. The van der Waals surface area contributed by atoms with E-state index in [2.05, 4.69) is 20.2 Å². The molecule has 3 aromatic rings. The van der Waals surface area contributed by atoms with Crippen LogP contribution in [0.3, 0.4) is 0 Å². The van der Waals surface area contributed by atoms with E-state index in [-0.39, 0.29) is 22.9 Å². The molecule has 0 unspecified atom stereocenters. The number of hydrogen-bond donors (Lipinski definition) is 2. The number of piperazine rings is 1. The van der Waals surface area contributed by atoms with E-state index < -0.39 is 0 Å². The molecule has 1 aromatic carbocycles. The maximum atomic E-state index is 13.3. The summed E-state index contributed by atoms with van der Waals surface area (Å²) in [4.78, 5) is 50.9. The van der Waals surface area contributed by atoms with Crippen LogP contribution >= 0.6 is 11.3 Å². The molecule has 0 saturated carbocycles. The smallest absolute Gasteiger partial charge is 0.264 e. The molecule has 0 atom stereocenters. The zero-order valence-corrected chi connectivity index (χ0v) is 20.9. The number of aryl methyl sites for hydroxylation is 1. The number of rotatable bonds is 5. The van der Waals surface area contributed by atoms with E-state index in [1.165, 1.54) is 11.3 Å². The van der Waals surface area contributed by atoms with Gasteiger partial charge in [0.2, 0.25) is 5.91 Å². The summed E-state index contributed by atoms with van der Waals surface area (Å²) in [6.07, 6.45) is 0.525. The Hall–Kier alpha value is -3.04. The lowest BCUT2D eigenvalue weighted by molar-refractivity contribution is -0.124. The van der Waals surface area contributed by atoms with Crippen LogP contribution < -0.4 is 10.9 Å². The van der Waals surface area contributed by atoms with E-state index >= 15 is 0 Å². The summed E-state index contributed by atoms with van der Waals surface area (Å²) in [5, 5.41) is 3.46. The molecule has 34 heavy (non-hydrogen) atoms. The second-order valence-corrected chi connectivity index (χ2v) is 10.8. The lowest BCUT2D eigenvalue weighted by Crippen LogP contribution is -2.52. The molecule has 1 aliphatic heterocycles. The minimum atomic E-state index is -0.263. The van der Waals surface area contributed by atoms with Gasteiger partial charge in [0.05, 0.1) is 16.8 Å². The number of carbonyl (C=O) groups is 2. The Balaban J connectivity index is 1.46. The Morgan fingerprint density at radius 3 is 2.44 bits per heavy atom. The van der Waals surface area contributed by atoms with Crippen LogP contribution in [0, 0.1) is 6.92 Å². The van der Waals surface area contributed by atoms with Gasteiger partial charge in [-0.2, -0.15) is 0 Å². The van der Waals surface area contributed by atoms with Gasteiger partial charge in [0, 0.05) is 38.1 Å². The third-order valence-corrected chi connectivity index (χ3v) is 6.97. The molecule has 0 spiro atoms. The first-order valence-electron chi connectivity index (χ1n) is 11.5. The first-order valence-corrected chi connectivity index (χ1v) is 12.3. The SMILES string of the molecule is Cc1c(C(=O)N2CCN(CC(=O)NC(C)(C)C)CC2)sc2nc(Cc3ccccc3)[nH]c(=O)c12. The van der Waals surface area contributed by atoms with Crippen molar-refractivity contribution < 1.29 is 9.59 Å². The van der Waals surface area contributed by atoms with Crippen LogP contribution in [-0.4, -0.2) is 69.8 Å². The van der Waals surface area contributed by atoms with Gasteiger partial charge < -0.3 is 15.2 Å². The molecule has 9 heteroatoms. The molecular formula is C25H31N5O3S. The molecule has 1 saturated heterocycles. The third-order valence-electron chi connectivity index (χ3n) is 5.80. The zero-order chi connectivity index (χ0) is 24.5. The Bertz CT molecular complexity index is 1250. The second-order valence-electron chi connectivity index (χ2n) is 9.78. The van der Waals surface area contributed by atoms with Crippen LogP contribution in [0.15, 0.2) is 35.1 Å². The van der Waals surface area contributed by atoms with Crippen LogP contribution in [0.5, 0.6) is 0 Å². The first kappa shape index (κ1) is 24.1. The summed E-state index contributed by atoms with van der Waals surface area (Å²) in [5.41, 5.74) is 1.26. The summed E-state index contributed by atoms with van der Waals surface area (Å²) >= 11 is 1.28. The van der Waals surface area contributed by atoms with Crippen molar-refractivity contribution in [3.63, 3.8) is 0 Å². The van der Waals surface area contributed by atoms with Crippen molar-refractivity contribution in [2.75, 3.05) is 32.7 Å². The topological polar surface area (TPSA) is 98.4 Å². The summed E-state index contributed by atoms with van der Waals surface area (Å²) in [6, 6.07) is 9.84. The van der Waals surface area contributed by atoms with Crippen LogP contribution in [0.25, 0.3) is 10.2 Å². The van der Waals surface area contributed by atoms with Crippen molar-refractivity contribution in [3.05, 3.63) is 62.5 Å². The third kappa shape index (κ3) is 5.53. The number of hydrogen-bond acceptors (Lipinski definition) is 6. The molecule has 3 heterocycles. The molecule has 8 nitrogen and oxygen atoms in total. The van der Waals surface area contributed by atoms with Crippen LogP contribution in [0.1, 0.15) is 47.4 Å². The van der Waals surface area contributed by atoms with Crippen molar-refractivity contribution in [2.45, 2.75) is 39.7 Å². The fourth-order valence-electron chi connectivity index (χ4n) is 4.18. The Morgan fingerprint density at radius 1 is 1.12 bits per heavy atom. The van der Waals surface area contributed by atoms with Gasteiger partial charge in [0.1, 0.15) is 10.7 Å². The van der Waals surface area contributed by atoms with Gasteiger partial charge >= 0.3 is 0 Å². The van der Waals surface area contributed by atoms with Gasteiger partial charge in [-0.3, -0.25) is 19.3 Å². The largest absolute Gasteiger partial charge is 0.350 e. The standard InChI is InChI=1S/C25H31N5O3S/c1-16-20-22(32)26-18(14-17-8-6-5-7-9-17)27-23(20)34-21(16)24(33)30-12-10-29(11-13-30)15-19(31)28-25(2,3)4/h5-9H,10-15H2,1-4H3,(H,28,31)(H,26,27,32). The van der Waals surface area contributed by atoms with Gasteiger partial charge in [-0.25, -0.2) is 4.98 Å². The molecule has 180 valence electrons. The van der Waals surface area contributed by atoms with E-state index in [1.807, 2.05) is 58.0 Å². The molecule has 2 amide bonds. The van der Waals surface area contributed by atoms with E-state index in [9.17, 15) is 14.4 Å². The number of aromatic nitrogens is 2.